The van der Waals surface area contributed by atoms with Crippen LogP contribution in [0.3, 0.4) is 0 Å². The number of carbonyl (C=O) groups is 2. The molecule has 3 rings (SSSR count). The van der Waals surface area contributed by atoms with E-state index in [0.717, 1.165) is 18.1 Å². The molecule has 1 heterocycles. The SMILES string of the molecule is COC(=O)CCNC(=O)c1ccc(C(C)Oc2cc(S(C)(=O)=O)c(-c3ccc(C(C)(C)C)cc3)c(S(C)(=O)=O)c2)s1. The maximum atomic E-state index is 12.9. The number of amides is 1. The summed E-state index contributed by atoms with van der Waals surface area (Å²) in [6, 6.07) is 13.2. The first-order chi connectivity index (χ1) is 18.9. The molecule has 12 heteroatoms. The molecule has 0 aliphatic carbocycles. The number of rotatable bonds is 10. The topological polar surface area (TPSA) is 133 Å². The van der Waals surface area contributed by atoms with Crippen LogP contribution >= 0.6 is 11.3 Å². The summed E-state index contributed by atoms with van der Waals surface area (Å²) in [4.78, 5) is 24.4. The summed E-state index contributed by atoms with van der Waals surface area (Å²) < 4.78 is 62.4. The largest absolute Gasteiger partial charge is 0.485 e. The van der Waals surface area contributed by atoms with Gasteiger partial charge in [-0.1, -0.05) is 45.0 Å². The molecule has 0 saturated carbocycles. The molecule has 2 aromatic carbocycles. The van der Waals surface area contributed by atoms with Crippen molar-refractivity contribution in [2.45, 2.75) is 55.4 Å². The highest BCUT2D eigenvalue weighted by Crippen LogP contribution is 2.39. The van der Waals surface area contributed by atoms with E-state index in [4.69, 9.17) is 4.74 Å². The second kappa shape index (κ2) is 12.3. The van der Waals surface area contributed by atoms with E-state index in [2.05, 4.69) is 10.1 Å². The lowest BCUT2D eigenvalue weighted by Gasteiger charge is -2.21. The number of nitrogens with one attached hydrogen (secondary N) is 1. The first kappa shape index (κ1) is 32.3. The van der Waals surface area contributed by atoms with Crippen LogP contribution < -0.4 is 10.1 Å². The van der Waals surface area contributed by atoms with Crippen molar-refractivity contribution in [1.29, 1.82) is 0 Å². The Labute approximate surface area is 245 Å². The summed E-state index contributed by atoms with van der Waals surface area (Å²) in [6.07, 6.45) is 1.47. The van der Waals surface area contributed by atoms with Gasteiger partial charge in [0, 0.05) is 29.5 Å². The van der Waals surface area contributed by atoms with E-state index in [1.807, 2.05) is 32.9 Å². The summed E-state index contributed by atoms with van der Waals surface area (Å²) in [5, 5.41) is 2.64. The van der Waals surface area contributed by atoms with Gasteiger partial charge in [0.1, 0.15) is 11.9 Å². The van der Waals surface area contributed by atoms with Crippen molar-refractivity contribution in [2.75, 3.05) is 26.2 Å². The highest BCUT2D eigenvalue weighted by Gasteiger charge is 2.27. The summed E-state index contributed by atoms with van der Waals surface area (Å²) in [5.74, 6) is -0.738. The Hall–Kier alpha value is -3.22. The predicted octanol–water partition coefficient (Wildman–Crippen LogP) is 4.95. The predicted molar refractivity (Wildman–Crippen MR) is 159 cm³/mol. The van der Waals surface area contributed by atoms with Crippen molar-refractivity contribution in [3.05, 3.63) is 63.8 Å². The maximum Gasteiger partial charge on any atom is 0.307 e. The smallest absolute Gasteiger partial charge is 0.307 e. The van der Waals surface area contributed by atoms with Crippen molar-refractivity contribution in [3.8, 4) is 16.9 Å². The average molecular weight is 622 g/mol. The van der Waals surface area contributed by atoms with Gasteiger partial charge in [-0.3, -0.25) is 9.59 Å². The Morgan fingerprint density at radius 1 is 0.927 bits per heavy atom. The van der Waals surface area contributed by atoms with Crippen LogP contribution in [0.25, 0.3) is 11.1 Å². The van der Waals surface area contributed by atoms with Crippen LogP contribution in [0.4, 0.5) is 0 Å². The Morgan fingerprint density at radius 2 is 1.49 bits per heavy atom. The molecule has 3 aromatic rings. The van der Waals surface area contributed by atoms with Crippen molar-refractivity contribution < 1.29 is 35.9 Å². The number of thiophene rings is 1. The van der Waals surface area contributed by atoms with Gasteiger partial charge in [0.2, 0.25) is 0 Å². The molecule has 1 N–H and O–H groups in total. The molecule has 0 radical (unpaired) electrons. The molecule has 0 bridgehead atoms. The van der Waals surface area contributed by atoms with Crippen LogP contribution in [0.2, 0.25) is 0 Å². The Kier molecular flexibility index (Phi) is 9.72. The lowest BCUT2D eigenvalue weighted by Crippen LogP contribution is -2.25. The third-order valence-corrected chi connectivity index (χ3v) is 9.77. The van der Waals surface area contributed by atoms with Crippen molar-refractivity contribution in [1.82, 2.24) is 5.32 Å². The highest BCUT2D eigenvalue weighted by atomic mass is 32.2. The molecule has 1 amide bonds. The number of sulfone groups is 2. The van der Waals surface area contributed by atoms with E-state index in [9.17, 15) is 26.4 Å². The van der Waals surface area contributed by atoms with E-state index < -0.39 is 31.7 Å². The highest BCUT2D eigenvalue weighted by molar-refractivity contribution is 7.91. The molecule has 0 aliphatic heterocycles. The quantitative estimate of drug-likeness (QED) is 0.315. The van der Waals surface area contributed by atoms with Crippen LogP contribution in [0.1, 0.15) is 60.3 Å². The molecule has 1 atom stereocenters. The molecule has 222 valence electrons. The Balaban J connectivity index is 1.98. The van der Waals surface area contributed by atoms with Gasteiger partial charge in [-0.05, 0) is 47.7 Å². The maximum absolute atomic E-state index is 12.9. The third kappa shape index (κ3) is 8.17. The molecule has 9 nitrogen and oxygen atoms in total. The minimum Gasteiger partial charge on any atom is -0.485 e. The lowest BCUT2D eigenvalue weighted by atomic mass is 9.86. The number of hydrogen-bond acceptors (Lipinski definition) is 9. The van der Waals surface area contributed by atoms with E-state index in [-0.39, 0.29) is 45.4 Å². The fourth-order valence-corrected chi connectivity index (χ4v) is 6.89. The standard InChI is InChI=1S/C29H35NO8S3/c1-18(22-12-13-23(39-22)28(32)30-15-14-26(31)37-5)38-21-16-24(40(6,33)34)27(25(17-21)41(7,35)36)19-8-10-20(11-9-19)29(2,3)4/h8-13,16-18H,14-15H2,1-7H3,(H,30,32). The second-order valence-electron chi connectivity index (χ2n) is 10.7. The van der Waals surface area contributed by atoms with E-state index in [1.54, 1.807) is 31.2 Å². The number of hydrogen-bond donors (Lipinski definition) is 1. The summed E-state index contributed by atoms with van der Waals surface area (Å²) in [7, 11) is -6.48. The lowest BCUT2D eigenvalue weighted by molar-refractivity contribution is -0.140. The first-order valence-electron chi connectivity index (χ1n) is 12.7. The van der Waals surface area contributed by atoms with Gasteiger partial charge in [0.05, 0.1) is 28.2 Å². The molecule has 1 aromatic heterocycles. The monoisotopic (exact) mass is 621 g/mol. The number of methoxy groups -OCH3 is 1. The first-order valence-corrected chi connectivity index (χ1v) is 17.3. The van der Waals surface area contributed by atoms with Gasteiger partial charge >= 0.3 is 5.97 Å². The van der Waals surface area contributed by atoms with E-state index >= 15 is 0 Å². The van der Waals surface area contributed by atoms with Gasteiger partial charge in [-0.2, -0.15) is 0 Å². The normalized spacial score (nSPS) is 13.0. The minimum absolute atomic E-state index is 0.0437. The van der Waals surface area contributed by atoms with Gasteiger partial charge in [-0.25, -0.2) is 16.8 Å². The summed E-state index contributed by atoms with van der Waals surface area (Å²) in [6.45, 7) is 7.98. The average Bonchev–Trinajstić information content (AvgIpc) is 3.37. The fraction of sp³-hybridized carbons (Fsp3) is 0.379. The molecule has 41 heavy (non-hydrogen) atoms. The van der Waals surface area contributed by atoms with Crippen LogP contribution in [-0.2, 0) is 34.6 Å². The molecule has 0 saturated heterocycles. The molecular formula is C29H35NO8S3. The van der Waals surface area contributed by atoms with E-state index in [1.165, 1.54) is 30.6 Å². The molecule has 0 fully saturated rings. The number of carbonyl (C=O) groups excluding carboxylic acids is 2. The third-order valence-electron chi connectivity index (χ3n) is 6.28. The van der Waals surface area contributed by atoms with Gasteiger partial charge < -0.3 is 14.8 Å². The summed E-state index contributed by atoms with van der Waals surface area (Å²) >= 11 is 1.17. The van der Waals surface area contributed by atoms with Gasteiger partial charge in [0.25, 0.3) is 5.91 Å². The zero-order valence-corrected chi connectivity index (χ0v) is 26.6. The van der Waals surface area contributed by atoms with Crippen LogP contribution in [0, 0.1) is 0 Å². The van der Waals surface area contributed by atoms with Crippen molar-refractivity contribution in [2.24, 2.45) is 0 Å². The number of esters is 1. The molecular weight excluding hydrogens is 587 g/mol. The second-order valence-corrected chi connectivity index (χ2v) is 15.8. The Bertz CT molecular complexity index is 1600. The zero-order chi connectivity index (χ0) is 30.8. The van der Waals surface area contributed by atoms with E-state index in [0.29, 0.717) is 15.3 Å². The number of ether oxygens (including phenoxy) is 2. The van der Waals surface area contributed by atoms with Crippen LogP contribution in [0.5, 0.6) is 5.75 Å². The van der Waals surface area contributed by atoms with Crippen molar-refractivity contribution in [3.63, 3.8) is 0 Å². The number of benzene rings is 2. The zero-order valence-electron chi connectivity index (χ0n) is 24.1. The molecule has 0 spiro atoms. The molecule has 1 unspecified atom stereocenters. The Morgan fingerprint density at radius 3 is 1.98 bits per heavy atom. The fourth-order valence-electron chi connectivity index (χ4n) is 4.06. The van der Waals surface area contributed by atoms with Crippen molar-refractivity contribution >= 4 is 42.9 Å². The minimum atomic E-state index is -3.88. The van der Waals surface area contributed by atoms with Crippen LogP contribution in [0.15, 0.2) is 58.3 Å². The van der Waals surface area contributed by atoms with Gasteiger partial charge in [0.15, 0.2) is 19.7 Å². The van der Waals surface area contributed by atoms with Crippen LogP contribution in [-0.4, -0.2) is 54.9 Å². The van der Waals surface area contributed by atoms with Gasteiger partial charge in [-0.15, -0.1) is 11.3 Å². The summed E-state index contributed by atoms with van der Waals surface area (Å²) in [5.41, 5.74) is 1.43. The molecule has 0 aliphatic rings.